The third-order valence-corrected chi connectivity index (χ3v) is 5.90. The summed E-state index contributed by atoms with van der Waals surface area (Å²) in [5.41, 5.74) is 0.630. The number of hydrogen-bond acceptors (Lipinski definition) is 2. The quantitative estimate of drug-likeness (QED) is 0.740. The number of likely N-dealkylation sites (tertiary alicyclic amines) is 1. The van der Waals surface area contributed by atoms with Crippen molar-refractivity contribution in [1.82, 2.24) is 4.90 Å². The Kier molecular flexibility index (Phi) is 3.23. The van der Waals surface area contributed by atoms with E-state index in [2.05, 4.69) is 17.5 Å². The second-order valence-electron chi connectivity index (χ2n) is 6.49. The number of rotatable bonds is 3. The number of thiol groups is 1. The van der Waals surface area contributed by atoms with Crippen LogP contribution >= 0.6 is 12.6 Å². The molecule has 0 spiro atoms. The molecule has 2 atom stereocenters. The minimum absolute atomic E-state index is 0.630. The van der Waals surface area contributed by atoms with Crippen molar-refractivity contribution in [3.8, 4) is 0 Å². The molecule has 16 heavy (non-hydrogen) atoms. The first-order valence-electron chi connectivity index (χ1n) is 7.15. The van der Waals surface area contributed by atoms with E-state index in [4.69, 9.17) is 0 Å². The SMILES string of the molecule is SCC1(CN2CCC3CCCCC3C2)CC1. The molecular weight excluding hydrogens is 214 g/mol. The first-order valence-corrected chi connectivity index (χ1v) is 7.78. The largest absolute Gasteiger partial charge is 0.302 e. The van der Waals surface area contributed by atoms with E-state index in [-0.39, 0.29) is 0 Å². The molecule has 2 aliphatic carbocycles. The van der Waals surface area contributed by atoms with Gasteiger partial charge in [0.2, 0.25) is 0 Å². The van der Waals surface area contributed by atoms with E-state index in [1.807, 2.05) is 0 Å². The Morgan fingerprint density at radius 1 is 1.06 bits per heavy atom. The van der Waals surface area contributed by atoms with Crippen molar-refractivity contribution >= 4 is 12.6 Å². The Bertz CT molecular complexity index is 249. The van der Waals surface area contributed by atoms with Crippen molar-refractivity contribution in [3.05, 3.63) is 0 Å². The van der Waals surface area contributed by atoms with Gasteiger partial charge < -0.3 is 4.90 Å². The molecule has 2 heteroatoms. The standard InChI is InChI=1S/C14H25NS/c16-11-14(6-7-14)10-15-8-5-12-3-1-2-4-13(12)9-15/h12-13,16H,1-11H2. The van der Waals surface area contributed by atoms with Crippen molar-refractivity contribution in [2.45, 2.75) is 44.9 Å². The molecule has 0 N–H and O–H groups in total. The van der Waals surface area contributed by atoms with E-state index in [1.54, 1.807) is 0 Å². The minimum atomic E-state index is 0.630. The second-order valence-corrected chi connectivity index (χ2v) is 6.80. The zero-order valence-corrected chi connectivity index (χ0v) is 11.2. The third-order valence-electron chi connectivity index (χ3n) is 5.23. The molecule has 1 aliphatic heterocycles. The third kappa shape index (κ3) is 2.28. The molecule has 0 radical (unpaired) electrons. The monoisotopic (exact) mass is 239 g/mol. The zero-order valence-electron chi connectivity index (χ0n) is 10.3. The van der Waals surface area contributed by atoms with Gasteiger partial charge in [0.05, 0.1) is 0 Å². The van der Waals surface area contributed by atoms with E-state index in [1.165, 1.54) is 64.6 Å². The van der Waals surface area contributed by atoms with Gasteiger partial charge in [-0.25, -0.2) is 0 Å². The van der Waals surface area contributed by atoms with Crippen molar-refractivity contribution in [2.24, 2.45) is 17.3 Å². The lowest BCUT2D eigenvalue weighted by Crippen LogP contribution is -2.44. The van der Waals surface area contributed by atoms with Gasteiger partial charge in [-0.15, -0.1) is 0 Å². The summed E-state index contributed by atoms with van der Waals surface area (Å²) in [5, 5.41) is 0. The Morgan fingerprint density at radius 2 is 1.81 bits per heavy atom. The molecule has 0 bridgehead atoms. The van der Waals surface area contributed by atoms with Gasteiger partial charge in [0.25, 0.3) is 0 Å². The van der Waals surface area contributed by atoms with Crippen molar-refractivity contribution < 1.29 is 0 Å². The van der Waals surface area contributed by atoms with Gasteiger partial charge in [-0.05, 0) is 55.2 Å². The lowest BCUT2D eigenvalue weighted by molar-refractivity contribution is 0.0750. The highest BCUT2D eigenvalue weighted by molar-refractivity contribution is 7.80. The summed E-state index contributed by atoms with van der Waals surface area (Å²) in [5.74, 6) is 3.23. The highest BCUT2D eigenvalue weighted by Gasteiger charge is 2.43. The molecule has 2 unspecified atom stereocenters. The Morgan fingerprint density at radius 3 is 2.50 bits per heavy atom. The summed E-state index contributed by atoms with van der Waals surface area (Å²) in [6, 6.07) is 0. The normalized spacial score (nSPS) is 38.1. The molecule has 0 aromatic carbocycles. The van der Waals surface area contributed by atoms with Crippen LogP contribution in [0.1, 0.15) is 44.9 Å². The average Bonchev–Trinajstić information content (AvgIpc) is 3.09. The Hall–Kier alpha value is 0.310. The van der Waals surface area contributed by atoms with Gasteiger partial charge in [0.1, 0.15) is 0 Å². The number of fused-ring (bicyclic) bond motifs is 1. The van der Waals surface area contributed by atoms with Crippen LogP contribution < -0.4 is 0 Å². The topological polar surface area (TPSA) is 3.24 Å². The van der Waals surface area contributed by atoms with Crippen LogP contribution in [-0.2, 0) is 0 Å². The molecular formula is C14H25NS. The van der Waals surface area contributed by atoms with E-state index < -0.39 is 0 Å². The first-order chi connectivity index (χ1) is 7.81. The van der Waals surface area contributed by atoms with E-state index >= 15 is 0 Å². The Labute approximate surface area is 105 Å². The van der Waals surface area contributed by atoms with Crippen LogP contribution in [0.25, 0.3) is 0 Å². The number of piperidine rings is 1. The lowest BCUT2D eigenvalue weighted by Gasteiger charge is -2.42. The predicted octanol–water partition coefficient (Wildman–Crippen LogP) is 3.21. The lowest BCUT2D eigenvalue weighted by atomic mass is 9.75. The number of nitrogens with zero attached hydrogens (tertiary/aromatic N) is 1. The van der Waals surface area contributed by atoms with Crippen molar-refractivity contribution in [3.63, 3.8) is 0 Å². The van der Waals surface area contributed by atoms with E-state index in [0.29, 0.717) is 5.41 Å². The van der Waals surface area contributed by atoms with Gasteiger partial charge in [-0.3, -0.25) is 0 Å². The maximum atomic E-state index is 4.53. The van der Waals surface area contributed by atoms with E-state index in [0.717, 1.165) is 17.6 Å². The molecule has 2 saturated carbocycles. The summed E-state index contributed by atoms with van der Waals surface area (Å²) in [6.45, 7) is 4.12. The van der Waals surface area contributed by atoms with Crippen LogP contribution in [-0.4, -0.2) is 30.3 Å². The van der Waals surface area contributed by atoms with Gasteiger partial charge in [-0.1, -0.05) is 19.3 Å². The summed E-state index contributed by atoms with van der Waals surface area (Å²) in [6.07, 6.45) is 10.4. The van der Waals surface area contributed by atoms with Gasteiger partial charge in [0, 0.05) is 13.1 Å². The fourth-order valence-electron chi connectivity index (χ4n) is 3.84. The first kappa shape index (κ1) is 11.4. The second kappa shape index (κ2) is 4.53. The predicted molar refractivity (Wildman–Crippen MR) is 72.0 cm³/mol. The molecule has 3 aliphatic rings. The van der Waals surface area contributed by atoms with Crippen LogP contribution in [0.5, 0.6) is 0 Å². The van der Waals surface area contributed by atoms with Gasteiger partial charge >= 0.3 is 0 Å². The van der Waals surface area contributed by atoms with Crippen molar-refractivity contribution in [1.29, 1.82) is 0 Å². The van der Waals surface area contributed by atoms with Crippen LogP contribution in [0, 0.1) is 17.3 Å². The molecule has 1 heterocycles. The highest BCUT2D eigenvalue weighted by atomic mass is 32.1. The summed E-state index contributed by atoms with van der Waals surface area (Å²) in [4.78, 5) is 2.76. The molecule has 3 fully saturated rings. The fourth-order valence-corrected chi connectivity index (χ4v) is 4.25. The van der Waals surface area contributed by atoms with E-state index in [9.17, 15) is 0 Å². The molecule has 1 saturated heterocycles. The fraction of sp³-hybridized carbons (Fsp3) is 1.00. The van der Waals surface area contributed by atoms with Crippen LogP contribution in [0.3, 0.4) is 0 Å². The summed E-state index contributed by atoms with van der Waals surface area (Å²) < 4.78 is 0. The smallest absolute Gasteiger partial charge is 0.00459 e. The molecule has 1 nitrogen and oxygen atoms in total. The average molecular weight is 239 g/mol. The maximum absolute atomic E-state index is 4.53. The minimum Gasteiger partial charge on any atom is -0.302 e. The van der Waals surface area contributed by atoms with Crippen LogP contribution in [0.2, 0.25) is 0 Å². The molecule has 3 rings (SSSR count). The highest BCUT2D eigenvalue weighted by Crippen LogP contribution is 2.48. The summed E-state index contributed by atoms with van der Waals surface area (Å²) in [7, 11) is 0. The molecule has 0 aromatic heterocycles. The number of hydrogen-bond donors (Lipinski definition) is 1. The zero-order chi connectivity index (χ0) is 11.0. The molecule has 0 aromatic rings. The molecule has 0 amide bonds. The van der Waals surface area contributed by atoms with Gasteiger partial charge in [-0.2, -0.15) is 12.6 Å². The Balaban J connectivity index is 1.54. The van der Waals surface area contributed by atoms with Crippen LogP contribution in [0.4, 0.5) is 0 Å². The van der Waals surface area contributed by atoms with Gasteiger partial charge in [0.15, 0.2) is 0 Å². The van der Waals surface area contributed by atoms with Crippen molar-refractivity contribution in [2.75, 3.05) is 25.4 Å². The van der Waals surface area contributed by atoms with Crippen LogP contribution in [0.15, 0.2) is 0 Å². The molecule has 92 valence electrons. The summed E-state index contributed by atoms with van der Waals surface area (Å²) >= 11 is 4.53. The maximum Gasteiger partial charge on any atom is 0.00459 e.